The second kappa shape index (κ2) is 17.6. The van der Waals surface area contributed by atoms with Crippen molar-refractivity contribution in [3.8, 4) is 0 Å². The average molecular weight is 281 g/mol. The minimum Gasteiger partial charge on any atom is -0.329 e. The minimum atomic E-state index is 0.634. The maximum absolute atomic E-state index is 9.94. The second-order valence-electron chi connectivity index (χ2n) is 4.03. The van der Waals surface area contributed by atoms with Crippen LogP contribution in [0, 0.1) is 0 Å². The van der Waals surface area contributed by atoms with Gasteiger partial charge in [0.2, 0.25) is 6.41 Å². The van der Waals surface area contributed by atoms with Gasteiger partial charge in [0.25, 0.3) is 0 Å². The number of carbonyl (C=O) groups is 1. The molecule has 0 aromatic rings. The highest BCUT2D eigenvalue weighted by Gasteiger charge is 2.00. The molecular formula is C16H31N3O. The lowest BCUT2D eigenvalue weighted by molar-refractivity contribution is -0.108. The summed E-state index contributed by atoms with van der Waals surface area (Å²) in [6.07, 6.45) is 8.90. The Morgan fingerprint density at radius 1 is 1.30 bits per heavy atom. The highest BCUT2D eigenvalue weighted by molar-refractivity contribution is 5.52. The first-order chi connectivity index (χ1) is 9.74. The van der Waals surface area contributed by atoms with Gasteiger partial charge in [0.1, 0.15) is 0 Å². The molecule has 1 heterocycles. The first kappa shape index (κ1) is 20.9. The number of allylic oxidation sites excluding steroid dienone is 4. The Bertz CT molecular complexity index is 277. The number of nitrogens with one attached hydrogen (secondary N) is 2. The van der Waals surface area contributed by atoms with Gasteiger partial charge in [0, 0.05) is 18.8 Å². The van der Waals surface area contributed by atoms with Gasteiger partial charge in [-0.1, -0.05) is 32.6 Å². The quantitative estimate of drug-likeness (QED) is 0.614. The molecule has 4 heteroatoms. The minimum absolute atomic E-state index is 0.634. The van der Waals surface area contributed by atoms with Crippen LogP contribution in [0.3, 0.4) is 0 Å². The summed E-state index contributed by atoms with van der Waals surface area (Å²) < 4.78 is 0. The van der Waals surface area contributed by atoms with Crippen LogP contribution in [0.1, 0.15) is 27.2 Å². The molecular weight excluding hydrogens is 250 g/mol. The van der Waals surface area contributed by atoms with Crippen molar-refractivity contribution < 1.29 is 4.79 Å². The molecule has 1 saturated heterocycles. The Labute approximate surface area is 124 Å². The van der Waals surface area contributed by atoms with Crippen LogP contribution in [-0.2, 0) is 4.79 Å². The third kappa shape index (κ3) is 14.7. The van der Waals surface area contributed by atoms with Crippen molar-refractivity contribution in [3.05, 3.63) is 36.6 Å². The van der Waals surface area contributed by atoms with E-state index in [0.717, 1.165) is 12.2 Å². The van der Waals surface area contributed by atoms with Gasteiger partial charge in [-0.05, 0) is 45.6 Å². The monoisotopic (exact) mass is 281 g/mol. The van der Waals surface area contributed by atoms with E-state index in [1.54, 1.807) is 18.2 Å². The normalized spacial score (nSPS) is 16.1. The highest BCUT2D eigenvalue weighted by Crippen LogP contribution is 1.90. The fourth-order valence-electron chi connectivity index (χ4n) is 1.51. The van der Waals surface area contributed by atoms with Gasteiger partial charge in [-0.15, -0.1) is 0 Å². The smallest absolute Gasteiger partial charge is 0.211 e. The fourth-order valence-corrected chi connectivity index (χ4v) is 1.51. The van der Waals surface area contributed by atoms with Gasteiger partial charge in [0.05, 0.1) is 0 Å². The first-order valence-electron chi connectivity index (χ1n) is 7.29. The average Bonchev–Trinajstić information content (AvgIpc) is 2.70. The van der Waals surface area contributed by atoms with E-state index in [4.69, 9.17) is 0 Å². The van der Waals surface area contributed by atoms with Crippen LogP contribution in [0.4, 0.5) is 0 Å². The third-order valence-electron chi connectivity index (χ3n) is 2.43. The lowest BCUT2D eigenvalue weighted by Gasteiger charge is -2.09. The Hall–Kier alpha value is -1.39. The number of carbonyl (C=O) groups excluding carboxylic acids is 1. The zero-order chi connectivity index (χ0) is 15.6. The van der Waals surface area contributed by atoms with Crippen LogP contribution in [0.25, 0.3) is 0 Å². The summed E-state index contributed by atoms with van der Waals surface area (Å²) in [7, 11) is 2.17. The number of nitrogens with zero attached hydrogens (tertiary/aromatic N) is 1. The van der Waals surface area contributed by atoms with E-state index in [1.807, 2.05) is 26.8 Å². The van der Waals surface area contributed by atoms with Crippen LogP contribution < -0.4 is 10.6 Å². The molecule has 116 valence electrons. The van der Waals surface area contributed by atoms with Gasteiger partial charge >= 0.3 is 0 Å². The van der Waals surface area contributed by atoms with Gasteiger partial charge in [0.15, 0.2) is 0 Å². The summed E-state index contributed by atoms with van der Waals surface area (Å²) in [5, 5.41) is 5.84. The van der Waals surface area contributed by atoms with E-state index in [2.05, 4.69) is 29.2 Å². The summed E-state index contributed by atoms with van der Waals surface area (Å²) in [4.78, 5) is 12.3. The topological polar surface area (TPSA) is 44.4 Å². The number of likely N-dealkylation sites (N-methyl/N-ethyl adjacent to an activating group) is 1. The summed E-state index contributed by atoms with van der Waals surface area (Å²) in [6.45, 7) is 14.2. The fraction of sp³-hybridized carbons (Fsp3) is 0.562. The number of hydrogen-bond donors (Lipinski definition) is 2. The van der Waals surface area contributed by atoms with Crippen LogP contribution in [-0.4, -0.2) is 44.5 Å². The molecule has 1 fully saturated rings. The van der Waals surface area contributed by atoms with Gasteiger partial charge in [-0.3, -0.25) is 4.79 Å². The van der Waals surface area contributed by atoms with E-state index < -0.39 is 0 Å². The molecule has 1 amide bonds. The van der Waals surface area contributed by atoms with E-state index in [0.29, 0.717) is 6.41 Å². The van der Waals surface area contributed by atoms with Crippen molar-refractivity contribution in [1.82, 2.24) is 15.5 Å². The van der Waals surface area contributed by atoms with Crippen molar-refractivity contribution >= 4 is 6.41 Å². The molecule has 20 heavy (non-hydrogen) atoms. The van der Waals surface area contributed by atoms with Crippen LogP contribution in [0.5, 0.6) is 0 Å². The summed E-state index contributed by atoms with van der Waals surface area (Å²) in [6, 6.07) is 0. The molecule has 1 aliphatic heterocycles. The predicted molar refractivity (Wildman–Crippen MR) is 88.6 cm³/mol. The molecule has 0 unspecified atom stereocenters. The van der Waals surface area contributed by atoms with Crippen LogP contribution >= 0.6 is 0 Å². The molecule has 0 aromatic heterocycles. The Kier molecular flexibility index (Phi) is 18.4. The third-order valence-corrected chi connectivity index (χ3v) is 2.43. The number of amides is 1. The Morgan fingerprint density at radius 3 is 2.55 bits per heavy atom. The van der Waals surface area contributed by atoms with Gasteiger partial charge in [-0.2, -0.15) is 0 Å². The zero-order valence-corrected chi connectivity index (χ0v) is 13.5. The predicted octanol–water partition coefficient (Wildman–Crippen LogP) is 2.32. The van der Waals surface area contributed by atoms with Crippen LogP contribution in [0.2, 0.25) is 0 Å². The largest absolute Gasteiger partial charge is 0.329 e. The number of rotatable bonds is 4. The van der Waals surface area contributed by atoms with E-state index in [-0.39, 0.29) is 0 Å². The molecule has 4 nitrogen and oxygen atoms in total. The standard InChI is InChI=1S/C8H11NO.C6H14N2.C2H6/c1-3-5-8(6-4-2)9-7-10;1-8-5-2-3-7-4-6-8;1-2/h3-7H,1H2,2H3,(H,9,10);7H,2-6H2,1H3;1-2H3/b6-4-,8-5+;;. The van der Waals surface area contributed by atoms with Gasteiger partial charge < -0.3 is 15.5 Å². The SMILES string of the molecule is C=C/C=C(\C=C/C)NC=O.CC.CN1CCCNCC1. The zero-order valence-electron chi connectivity index (χ0n) is 13.5. The Balaban J connectivity index is 0. The molecule has 0 aliphatic carbocycles. The van der Waals surface area contributed by atoms with Crippen LogP contribution in [0.15, 0.2) is 36.6 Å². The highest BCUT2D eigenvalue weighted by atomic mass is 16.1. The van der Waals surface area contributed by atoms with E-state index >= 15 is 0 Å². The first-order valence-corrected chi connectivity index (χ1v) is 7.29. The van der Waals surface area contributed by atoms with Crippen molar-refractivity contribution in [1.29, 1.82) is 0 Å². The maximum Gasteiger partial charge on any atom is 0.211 e. The van der Waals surface area contributed by atoms with Gasteiger partial charge in [-0.25, -0.2) is 0 Å². The maximum atomic E-state index is 9.94. The van der Waals surface area contributed by atoms with Crippen molar-refractivity contribution in [2.24, 2.45) is 0 Å². The molecule has 2 N–H and O–H groups in total. The van der Waals surface area contributed by atoms with Crippen molar-refractivity contribution in [2.45, 2.75) is 27.2 Å². The summed E-state index contributed by atoms with van der Waals surface area (Å²) in [5.74, 6) is 0. The number of hydrogen-bond acceptors (Lipinski definition) is 3. The summed E-state index contributed by atoms with van der Waals surface area (Å²) >= 11 is 0. The molecule has 0 bridgehead atoms. The molecule has 1 rings (SSSR count). The van der Waals surface area contributed by atoms with Crippen molar-refractivity contribution in [2.75, 3.05) is 33.2 Å². The molecule has 1 aliphatic rings. The molecule has 0 radical (unpaired) electrons. The second-order valence-corrected chi connectivity index (χ2v) is 4.03. The summed E-state index contributed by atoms with van der Waals surface area (Å²) in [5.41, 5.74) is 0.743. The lowest BCUT2D eigenvalue weighted by Crippen LogP contribution is -2.23. The molecule has 0 atom stereocenters. The molecule has 0 saturated carbocycles. The molecule has 0 aromatic carbocycles. The van der Waals surface area contributed by atoms with Crippen molar-refractivity contribution in [3.63, 3.8) is 0 Å². The van der Waals surface area contributed by atoms with E-state index in [9.17, 15) is 4.79 Å². The van der Waals surface area contributed by atoms with E-state index in [1.165, 1.54) is 26.1 Å². The lowest BCUT2D eigenvalue weighted by atomic mass is 10.3. The Morgan fingerprint density at radius 2 is 2.00 bits per heavy atom. The molecule has 0 spiro atoms.